The monoisotopic (exact) mass is 301 g/mol. The number of carbonyl (C=O) groups is 2. The highest BCUT2D eigenvalue weighted by Gasteiger charge is 2.51. The number of β-lactam (4-membered cyclic amide) rings is 1. The van der Waals surface area contributed by atoms with Gasteiger partial charge in [0.05, 0.1) is 12.2 Å². The lowest BCUT2D eigenvalue weighted by Crippen LogP contribution is -2.59. The molecule has 1 fully saturated rings. The Morgan fingerprint density at radius 3 is 2.50 bits per heavy atom. The van der Waals surface area contributed by atoms with Crippen LogP contribution in [0.4, 0.5) is 0 Å². The molecular formula is C13H19NO5S. The molecule has 2 aliphatic rings. The van der Waals surface area contributed by atoms with Crippen LogP contribution in [0.1, 0.15) is 34.1 Å². The zero-order valence-electron chi connectivity index (χ0n) is 12.1. The summed E-state index contributed by atoms with van der Waals surface area (Å²) in [5, 5.41) is -0.821. The Kier molecular flexibility index (Phi) is 3.44. The van der Waals surface area contributed by atoms with Crippen LogP contribution in [0.15, 0.2) is 11.5 Å². The summed E-state index contributed by atoms with van der Waals surface area (Å²) in [4.78, 5) is 24.6. The Bertz CT molecular complexity index is 597. The fourth-order valence-corrected chi connectivity index (χ4v) is 3.98. The number of ketones is 1. The molecule has 0 bridgehead atoms. The number of nitrogens with zero attached hydrogens (tertiary/aromatic N) is 1. The van der Waals surface area contributed by atoms with E-state index >= 15 is 0 Å². The van der Waals surface area contributed by atoms with E-state index in [4.69, 9.17) is 4.74 Å². The normalized spacial score (nSPS) is 25.1. The van der Waals surface area contributed by atoms with Crippen LogP contribution in [0, 0.1) is 5.41 Å². The van der Waals surface area contributed by atoms with Crippen molar-refractivity contribution in [2.75, 3.05) is 12.4 Å². The highest BCUT2D eigenvalue weighted by molar-refractivity contribution is 7.92. The molecule has 1 atom stereocenters. The van der Waals surface area contributed by atoms with Crippen LogP contribution >= 0.6 is 0 Å². The maximum Gasteiger partial charge on any atom is 0.233 e. The highest BCUT2D eigenvalue weighted by atomic mass is 32.2. The van der Waals surface area contributed by atoms with Crippen molar-refractivity contribution in [3.05, 3.63) is 11.5 Å². The third kappa shape index (κ3) is 2.46. The minimum absolute atomic E-state index is 0.00428. The number of Topliss-reactive ketones (excluding diaryl/α,β-unsaturated/α-hetero) is 1. The first-order chi connectivity index (χ1) is 9.04. The molecule has 0 spiro atoms. The summed E-state index contributed by atoms with van der Waals surface area (Å²) in [5.74, 6) is -0.272. The molecule has 0 N–H and O–H groups in total. The molecule has 0 aromatic rings. The molecular weight excluding hydrogens is 282 g/mol. The van der Waals surface area contributed by atoms with E-state index in [2.05, 4.69) is 0 Å². The average molecular weight is 301 g/mol. The highest BCUT2D eigenvalue weighted by Crippen LogP contribution is 2.36. The summed E-state index contributed by atoms with van der Waals surface area (Å²) in [6.45, 7) is 6.79. The van der Waals surface area contributed by atoms with Crippen LogP contribution in [-0.2, 0) is 24.2 Å². The fraction of sp³-hybridized carbons (Fsp3) is 0.692. The van der Waals surface area contributed by atoms with Crippen LogP contribution in [-0.4, -0.2) is 42.7 Å². The van der Waals surface area contributed by atoms with Crippen LogP contribution < -0.4 is 0 Å². The molecule has 2 aliphatic heterocycles. The van der Waals surface area contributed by atoms with Crippen LogP contribution in [0.5, 0.6) is 0 Å². The number of hydrogen-bond donors (Lipinski definition) is 0. The second kappa shape index (κ2) is 4.58. The molecule has 0 unspecified atom stereocenters. The molecule has 2 heterocycles. The van der Waals surface area contributed by atoms with Crippen LogP contribution in [0.25, 0.3) is 0 Å². The first-order valence-corrected chi connectivity index (χ1v) is 8.15. The van der Waals surface area contributed by atoms with Gasteiger partial charge in [0.2, 0.25) is 5.91 Å². The SMILES string of the molecule is CC1=C(OCC(=O)C(C)(C)C)N2C(=O)C[C@@H]2S(=O)(=O)C1. The van der Waals surface area contributed by atoms with Gasteiger partial charge in [0.1, 0.15) is 6.61 Å². The molecule has 6 nitrogen and oxygen atoms in total. The van der Waals surface area contributed by atoms with Gasteiger partial charge in [-0.05, 0) is 6.92 Å². The van der Waals surface area contributed by atoms with Crippen LogP contribution in [0.2, 0.25) is 0 Å². The summed E-state index contributed by atoms with van der Waals surface area (Å²) in [7, 11) is -3.32. The van der Waals surface area contributed by atoms with E-state index in [0.717, 1.165) is 4.90 Å². The maximum atomic E-state index is 11.9. The van der Waals surface area contributed by atoms with E-state index in [-0.39, 0.29) is 36.4 Å². The quantitative estimate of drug-likeness (QED) is 0.721. The smallest absolute Gasteiger partial charge is 0.233 e. The first-order valence-electron chi connectivity index (χ1n) is 6.43. The van der Waals surface area contributed by atoms with E-state index < -0.39 is 20.6 Å². The Hall–Kier alpha value is -1.37. The fourth-order valence-electron chi connectivity index (χ4n) is 2.13. The summed E-state index contributed by atoms with van der Waals surface area (Å²) in [6.07, 6.45) is -0.00428. The third-order valence-electron chi connectivity index (χ3n) is 3.50. The standard InChI is InChI=1S/C13H19NO5S/c1-8-7-20(17,18)11-5-10(16)14(11)12(8)19-6-9(15)13(2,3)4/h11H,5-7H2,1-4H3/t11-/m0/s1. The minimum atomic E-state index is -3.32. The lowest BCUT2D eigenvalue weighted by atomic mass is 9.91. The number of rotatable bonds is 3. The predicted molar refractivity (Wildman–Crippen MR) is 72.2 cm³/mol. The number of fused-ring (bicyclic) bond motifs is 1. The molecule has 1 saturated heterocycles. The Morgan fingerprint density at radius 1 is 1.40 bits per heavy atom. The van der Waals surface area contributed by atoms with E-state index in [1.54, 1.807) is 27.7 Å². The average Bonchev–Trinajstić information content (AvgIpc) is 2.27. The zero-order valence-corrected chi connectivity index (χ0v) is 12.9. The lowest BCUT2D eigenvalue weighted by molar-refractivity contribution is -0.145. The van der Waals surface area contributed by atoms with Gasteiger partial charge in [-0.3, -0.25) is 14.5 Å². The molecule has 0 aromatic heterocycles. The van der Waals surface area contributed by atoms with Gasteiger partial charge in [0.15, 0.2) is 26.9 Å². The molecule has 2 rings (SSSR count). The Labute approximate surface area is 118 Å². The lowest BCUT2D eigenvalue weighted by Gasteiger charge is -2.43. The van der Waals surface area contributed by atoms with Gasteiger partial charge >= 0.3 is 0 Å². The first kappa shape index (κ1) is 15.0. The number of hydrogen-bond acceptors (Lipinski definition) is 5. The number of carbonyl (C=O) groups excluding carboxylic acids is 2. The predicted octanol–water partition coefficient (Wildman–Crippen LogP) is 0.837. The summed E-state index contributed by atoms with van der Waals surface area (Å²) >= 11 is 0. The van der Waals surface area contributed by atoms with Crippen molar-refractivity contribution in [3.8, 4) is 0 Å². The van der Waals surface area contributed by atoms with Gasteiger partial charge in [-0.25, -0.2) is 8.42 Å². The molecule has 0 radical (unpaired) electrons. The summed E-state index contributed by atoms with van der Waals surface area (Å²) in [6, 6.07) is 0. The van der Waals surface area contributed by atoms with Gasteiger partial charge in [0, 0.05) is 11.0 Å². The molecule has 112 valence electrons. The third-order valence-corrected chi connectivity index (χ3v) is 5.54. The van der Waals surface area contributed by atoms with E-state index in [1.165, 1.54) is 0 Å². The number of ether oxygens (including phenoxy) is 1. The number of amides is 1. The van der Waals surface area contributed by atoms with E-state index in [9.17, 15) is 18.0 Å². The maximum absolute atomic E-state index is 11.9. The summed E-state index contributed by atoms with van der Waals surface area (Å²) in [5.41, 5.74) is -0.0656. The van der Waals surface area contributed by atoms with Gasteiger partial charge in [0.25, 0.3) is 0 Å². The zero-order chi connectivity index (χ0) is 15.3. The molecule has 20 heavy (non-hydrogen) atoms. The second-order valence-corrected chi connectivity index (χ2v) is 8.44. The molecule has 0 saturated carbocycles. The van der Waals surface area contributed by atoms with Crippen molar-refractivity contribution in [2.24, 2.45) is 5.41 Å². The molecule has 0 aliphatic carbocycles. The molecule has 7 heteroatoms. The van der Waals surface area contributed by atoms with Gasteiger partial charge < -0.3 is 4.74 Å². The van der Waals surface area contributed by atoms with Crippen molar-refractivity contribution in [2.45, 2.75) is 39.5 Å². The minimum Gasteiger partial charge on any atom is -0.471 e. The van der Waals surface area contributed by atoms with Crippen molar-refractivity contribution < 1.29 is 22.7 Å². The van der Waals surface area contributed by atoms with Crippen LogP contribution in [0.3, 0.4) is 0 Å². The summed E-state index contributed by atoms with van der Waals surface area (Å²) < 4.78 is 29.2. The van der Waals surface area contributed by atoms with E-state index in [1.807, 2.05) is 0 Å². The van der Waals surface area contributed by atoms with E-state index in [0.29, 0.717) is 5.57 Å². The van der Waals surface area contributed by atoms with Gasteiger partial charge in [-0.2, -0.15) is 0 Å². The molecule has 1 amide bonds. The van der Waals surface area contributed by atoms with Crippen molar-refractivity contribution >= 4 is 21.5 Å². The van der Waals surface area contributed by atoms with Gasteiger partial charge in [-0.15, -0.1) is 0 Å². The topological polar surface area (TPSA) is 80.8 Å². The van der Waals surface area contributed by atoms with Crippen molar-refractivity contribution in [1.29, 1.82) is 0 Å². The Balaban J connectivity index is 2.19. The second-order valence-electron chi connectivity index (χ2n) is 6.28. The van der Waals surface area contributed by atoms with Crippen molar-refractivity contribution in [3.63, 3.8) is 0 Å². The largest absolute Gasteiger partial charge is 0.471 e. The van der Waals surface area contributed by atoms with Crippen molar-refractivity contribution in [1.82, 2.24) is 4.90 Å². The molecule has 0 aromatic carbocycles. The number of sulfone groups is 1. The van der Waals surface area contributed by atoms with Gasteiger partial charge in [-0.1, -0.05) is 20.8 Å². The Morgan fingerprint density at radius 2 is 2.00 bits per heavy atom.